The van der Waals surface area contributed by atoms with Gasteiger partial charge in [0.2, 0.25) is 0 Å². The van der Waals surface area contributed by atoms with Gasteiger partial charge in [-0.15, -0.1) is 0 Å². The van der Waals surface area contributed by atoms with Crippen molar-refractivity contribution in [1.82, 2.24) is 0 Å². The first-order chi connectivity index (χ1) is 7.63. The van der Waals surface area contributed by atoms with Crippen LogP contribution in [0.2, 0.25) is 0 Å². The van der Waals surface area contributed by atoms with Crippen LogP contribution in [0.4, 0.5) is 0 Å². The van der Waals surface area contributed by atoms with Crippen molar-refractivity contribution in [3.05, 3.63) is 34.3 Å². The predicted octanol–water partition coefficient (Wildman–Crippen LogP) is -0.0940. The fourth-order valence-electron chi connectivity index (χ4n) is 2.05. The molecule has 0 aromatic heterocycles. The molecule has 1 aromatic carbocycles. The maximum absolute atomic E-state index is 10.9. The molecule has 84 valence electrons. The number of nitrogens with zero attached hydrogens (tertiary/aromatic N) is 1. The molecular weight excluding hydrogens is 204 g/mol. The number of carboxylic acid groups (broad SMARTS) is 1. The second-order valence-corrected chi connectivity index (χ2v) is 3.91. The third kappa shape index (κ3) is 1.72. The van der Waals surface area contributed by atoms with Gasteiger partial charge in [-0.2, -0.15) is 0 Å². The number of carbonyl (C=O) groups is 1. The minimum absolute atomic E-state index is 0.114. The molecule has 0 aliphatic carbocycles. The van der Waals surface area contributed by atoms with Crippen molar-refractivity contribution < 1.29 is 9.90 Å². The van der Waals surface area contributed by atoms with Gasteiger partial charge >= 0.3 is 5.97 Å². The highest BCUT2D eigenvalue weighted by Crippen LogP contribution is 2.12. The van der Waals surface area contributed by atoms with E-state index in [2.05, 4.69) is 4.99 Å². The SMILES string of the molecule is C[C@@H]1N=c2ccc(C(=O)O)cc2=C1CCN. The van der Waals surface area contributed by atoms with E-state index in [-0.39, 0.29) is 6.04 Å². The molecule has 3 N–H and O–H groups in total. The Kier molecular flexibility index (Phi) is 2.75. The van der Waals surface area contributed by atoms with Gasteiger partial charge in [-0.1, -0.05) is 0 Å². The first-order valence-electron chi connectivity index (χ1n) is 5.28. The topological polar surface area (TPSA) is 75.7 Å². The van der Waals surface area contributed by atoms with Gasteiger partial charge < -0.3 is 10.8 Å². The van der Waals surface area contributed by atoms with Crippen LogP contribution in [0, 0.1) is 0 Å². The molecule has 0 amide bonds. The summed E-state index contributed by atoms with van der Waals surface area (Å²) in [5.74, 6) is -0.908. The largest absolute Gasteiger partial charge is 0.478 e. The normalized spacial score (nSPS) is 18.1. The molecule has 0 saturated carbocycles. The fraction of sp³-hybridized carbons (Fsp3) is 0.333. The minimum Gasteiger partial charge on any atom is -0.478 e. The lowest BCUT2D eigenvalue weighted by atomic mass is 10.0. The number of carboxylic acids is 1. The summed E-state index contributed by atoms with van der Waals surface area (Å²) in [7, 11) is 0. The molecule has 0 unspecified atom stereocenters. The highest BCUT2D eigenvalue weighted by atomic mass is 16.4. The average Bonchev–Trinajstić information content (AvgIpc) is 2.55. The number of aromatic carboxylic acids is 1. The second-order valence-electron chi connectivity index (χ2n) is 3.91. The third-order valence-electron chi connectivity index (χ3n) is 2.84. The highest BCUT2D eigenvalue weighted by Gasteiger charge is 2.15. The number of rotatable bonds is 3. The molecule has 1 aliphatic rings. The van der Waals surface area contributed by atoms with Crippen LogP contribution in [0.5, 0.6) is 0 Å². The number of fused-ring (bicyclic) bond motifs is 1. The van der Waals surface area contributed by atoms with Gasteiger partial charge in [0.25, 0.3) is 0 Å². The van der Waals surface area contributed by atoms with Crippen LogP contribution in [-0.4, -0.2) is 23.7 Å². The van der Waals surface area contributed by atoms with Crippen molar-refractivity contribution in [1.29, 1.82) is 0 Å². The van der Waals surface area contributed by atoms with Crippen LogP contribution in [0.3, 0.4) is 0 Å². The molecule has 0 spiro atoms. The van der Waals surface area contributed by atoms with Crippen molar-refractivity contribution >= 4 is 11.5 Å². The van der Waals surface area contributed by atoms with Crippen LogP contribution in [-0.2, 0) is 0 Å². The summed E-state index contributed by atoms with van der Waals surface area (Å²) in [6.07, 6.45) is 0.765. The summed E-state index contributed by atoms with van der Waals surface area (Å²) in [5, 5.41) is 10.8. The van der Waals surface area contributed by atoms with Gasteiger partial charge in [-0.3, -0.25) is 4.99 Å². The quantitative estimate of drug-likeness (QED) is 0.744. The van der Waals surface area contributed by atoms with Crippen molar-refractivity contribution in [2.45, 2.75) is 19.4 Å². The van der Waals surface area contributed by atoms with E-state index in [0.717, 1.165) is 22.6 Å². The van der Waals surface area contributed by atoms with E-state index < -0.39 is 5.97 Å². The van der Waals surface area contributed by atoms with Gasteiger partial charge in [0.1, 0.15) is 0 Å². The number of nitrogens with two attached hydrogens (primary N) is 1. The average molecular weight is 218 g/mol. The van der Waals surface area contributed by atoms with Crippen molar-refractivity contribution in [3.8, 4) is 0 Å². The standard InChI is InChI=1S/C12H14N2O2/c1-7-9(4-5-13)10-6-8(12(15)16)2-3-11(10)14-7/h2-3,6-7H,4-5,13H2,1H3,(H,15,16)/t7-/m0/s1. The van der Waals surface area contributed by atoms with Crippen LogP contribution < -0.4 is 16.3 Å². The van der Waals surface area contributed by atoms with Crippen LogP contribution in [0.15, 0.2) is 23.2 Å². The molecule has 2 rings (SSSR count). The van der Waals surface area contributed by atoms with Crippen LogP contribution in [0.1, 0.15) is 23.7 Å². The summed E-state index contributed by atoms with van der Waals surface area (Å²) in [6, 6.07) is 5.15. The van der Waals surface area contributed by atoms with E-state index in [0.29, 0.717) is 12.1 Å². The molecule has 16 heavy (non-hydrogen) atoms. The van der Waals surface area contributed by atoms with E-state index in [1.807, 2.05) is 6.92 Å². The van der Waals surface area contributed by atoms with Gasteiger partial charge in [0.15, 0.2) is 0 Å². The van der Waals surface area contributed by atoms with Gasteiger partial charge in [0, 0.05) is 5.22 Å². The molecule has 1 atom stereocenters. The molecule has 1 heterocycles. The monoisotopic (exact) mass is 218 g/mol. The zero-order valence-corrected chi connectivity index (χ0v) is 9.10. The summed E-state index contributed by atoms with van der Waals surface area (Å²) in [5.41, 5.74) is 6.99. The second kappa shape index (κ2) is 4.06. The Labute approximate surface area is 93.1 Å². The van der Waals surface area contributed by atoms with E-state index in [4.69, 9.17) is 10.8 Å². The molecule has 1 aromatic rings. The van der Waals surface area contributed by atoms with Gasteiger partial charge in [-0.05, 0) is 43.7 Å². The predicted molar refractivity (Wildman–Crippen MR) is 60.7 cm³/mol. The molecule has 4 nitrogen and oxygen atoms in total. The lowest BCUT2D eigenvalue weighted by molar-refractivity contribution is 0.0697. The fourth-order valence-corrected chi connectivity index (χ4v) is 2.05. The summed E-state index contributed by atoms with van der Waals surface area (Å²) in [6.45, 7) is 2.57. The molecule has 0 saturated heterocycles. The summed E-state index contributed by atoms with van der Waals surface area (Å²) in [4.78, 5) is 15.3. The maximum Gasteiger partial charge on any atom is 0.335 e. The zero-order valence-electron chi connectivity index (χ0n) is 9.10. The van der Waals surface area contributed by atoms with Crippen molar-refractivity contribution in [3.63, 3.8) is 0 Å². The zero-order chi connectivity index (χ0) is 11.7. The lowest BCUT2D eigenvalue weighted by Crippen LogP contribution is -2.25. The Morgan fingerprint density at radius 2 is 2.31 bits per heavy atom. The van der Waals surface area contributed by atoms with E-state index >= 15 is 0 Å². The van der Waals surface area contributed by atoms with E-state index in [1.165, 1.54) is 0 Å². The minimum atomic E-state index is -0.908. The van der Waals surface area contributed by atoms with Crippen molar-refractivity contribution in [2.24, 2.45) is 10.7 Å². The Bertz CT molecular complexity index is 549. The van der Waals surface area contributed by atoms with Crippen LogP contribution in [0.25, 0.3) is 5.57 Å². The Morgan fingerprint density at radius 3 is 2.94 bits per heavy atom. The van der Waals surface area contributed by atoms with Crippen molar-refractivity contribution in [2.75, 3.05) is 6.54 Å². The molecule has 4 heteroatoms. The number of hydrogen-bond acceptors (Lipinski definition) is 3. The summed E-state index contributed by atoms with van der Waals surface area (Å²) < 4.78 is 0. The molecular formula is C12H14N2O2. The highest BCUT2D eigenvalue weighted by molar-refractivity contribution is 5.87. The molecule has 0 radical (unpaired) electrons. The molecule has 0 fully saturated rings. The smallest absolute Gasteiger partial charge is 0.335 e. The Hall–Kier alpha value is -1.68. The third-order valence-corrected chi connectivity index (χ3v) is 2.84. The molecule has 0 bridgehead atoms. The Morgan fingerprint density at radius 1 is 1.56 bits per heavy atom. The first kappa shape index (κ1) is 10.8. The lowest BCUT2D eigenvalue weighted by Gasteiger charge is -2.05. The van der Waals surface area contributed by atoms with Gasteiger partial charge in [-0.25, -0.2) is 4.79 Å². The summed E-state index contributed by atoms with van der Waals surface area (Å²) >= 11 is 0. The maximum atomic E-state index is 10.9. The van der Waals surface area contributed by atoms with E-state index in [9.17, 15) is 4.79 Å². The Balaban J connectivity index is 2.65. The van der Waals surface area contributed by atoms with Gasteiger partial charge in [0.05, 0.1) is 17.0 Å². The van der Waals surface area contributed by atoms with E-state index in [1.54, 1.807) is 18.2 Å². The number of benzene rings is 1. The first-order valence-corrected chi connectivity index (χ1v) is 5.28. The molecule has 1 aliphatic heterocycles. The van der Waals surface area contributed by atoms with Crippen LogP contribution >= 0.6 is 0 Å². The number of hydrogen-bond donors (Lipinski definition) is 2.